The fraction of sp³-hybridized carbons (Fsp3) is 0.571. The second-order valence-electron chi connectivity index (χ2n) is 5.44. The van der Waals surface area contributed by atoms with Crippen LogP contribution in [0.1, 0.15) is 19.3 Å². The molecule has 138 valence electrons. The van der Waals surface area contributed by atoms with Gasteiger partial charge in [-0.25, -0.2) is 21.6 Å². The van der Waals surface area contributed by atoms with E-state index in [9.17, 15) is 16.8 Å². The first-order chi connectivity index (χ1) is 10.9. The molecule has 0 atom stereocenters. The number of nitrogens with zero attached hydrogens (tertiary/aromatic N) is 1. The molecule has 2 N–H and O–H groups in total. The summed E-state index contributed by atoms with van der Waals surface area (Å²) in [7, 11) is -5.53. The Balaban J connectivity index is 0.00000288. The Morgan fingerprint density at radius 1 is 1.04 bits per heavy atom. The number of benzene rings is 1. The average molecular weight is 398 g/mol. The molecule has 1 fully saturated rings. The Bertz CT molecular complexity index is 732. The summed E-state index contributed by atoms with van der Waals surface area (Å²) >= 11 is 0. The van der Waals surface area contributed by atoms with Gasteiger partial charge in [-0.15, -0.1) is 12.4 Å². The Labute approximate surface area is 150 Å². The van der Waals surface area contributed by atoms with Gasteiger partial charge in [0.2, 0.25) is 20.0 Å². The molecule has 0 aliphatic carbocycles. The minimum absolute atomic E-state index is 0. The lowest BCUT2D eigenvalue weighted by Crippen LogP contribution is -2.29. The van der Waals surface area contributed by atoms with Gasteiger partial charge in [0.25, 0.3) is 0 Å². The molecule has 1 aliphatic heterocycles. The minimum Gasteiger partial charge on any atom is -0.320 e. The second-order valence-corrected chi connectivity index (χ2v) is 9.15. The molecular weight excluding hydrogens is 374 g/mol. The van der Waals surface area contributed by atoms with Gasteiger partial charge in [-0.05, 0) is 51.1 Å². The van der Waals surface area contributed by atoms with Crippen LogP contribution in [0.15, 0.2) is 34.1 Å². The third-order valence-corrected chi connectivity index (χ3v) is 7.07. The topological polar surface area (TPSA) is 95.6 Å². The van der Waals surface area contributed by atoms with Crippen LogP contribution in [0.2, 0.25) is 0 Å². The van der Waals surface area contributed by atoms with Crippen molar-refractivity contribution in [2.24, 2.45) is 0 Å². The molecule has 1 saturated heterocycles. The molecule has 24 heavy (non-hydrogen) atoms. The van der Waals surface area contributed by atoms with Gasteiger partial charge < -0.3 is 5.32 Å². The van der Waals surface area contributed by atoms with Gasteiger partial charge in [-0.1, -0.05) is 6.07 Å². The number of halogens is 1. The highest BCUT2D eigenvalue weighted by Gasteiger charge is 2.28. The molecule has 1 heterocycles. The van der Waals surface area contributed by atoms with Crippen LogP contribution in [-0.4, -0.2) is 54.4 Å². The van der Waals surface area contributed by atoms with Crippen molar-refractivity contribution in [3.8, 4) is 0 Å². The predicted molar refractivity (Wildman–Crippen MR) is 95.4 cm³/mol. The molecule has 2 rings (SSSR count). The number of hydrogen-bond donors (Lipinski definition) is 2. The van der Waals surface area contributed by atoms with Crippen molar-refractivity contribution in [1.29, 1.82) is 0 Å². The molecule has 0 bridgehead atoms. The summed E-state index contributed by atoms with van der Waals surface area (Å²) in [5, 5.41) is 2.93. The third-order valence-electron chi connectivity index (χ3n) is 3.71. The van der Waals surface area contributed by atoms with Crippen LogP contribution >= 0.6 is 12.4 Å². The zero-order valence-corrected chi connectivity index (χ0v) is 16.0. The normalized spacial score (nSPS) is 16.0. The number of hydrogen-bond acceptors (Lipinski definition) is 5. The van der Waals surface area contributed by atoms with Gasteiger partial charge in [0.05, 0.1) is 9.79 Å². The molecule has 0 amide bonds. The van der Waals surface area contributed by atoms with E-state index in [2.05, 4.69) is 10.0 Å². The Morgan fingerprint density at radius 2 is 1.67 bits per heavy atom. The first-order valence-electron chi connectivity index (χ1n) is 7.62. The molecule has 1 aromatic carbocycles. The first-order valence-corrected chi connectivity index (χ1v) is 10.5. The minimum atomic E-state index is -3.71. The summed E-state index contributed by atoms with van der Waals surface area (Å²) in [4.78, 5) is -0.000251. The molecule has 0 spiro atoms. The van der Waals surface area contributed by atoms with Crippen LogP contribution in [0.4, 0.5) is 0 Å². The zero-order valence-electron chi connectivity index (χ0n) is 13.6. The van der Waals surface area contributed by atoms with E-state index < -0.39 is 20.0 Å². The second kappa shape index (κ2) is 9.12. The van der Waals surface area contributed by atoms with Gasteiger partial charge in [-0.2, -0.15) is 4.31 Å². The van der Waals surface area contributed by atoms with E-state index in [0.29, 0.717) is 32.6 Å². The summed E-state index contributed by atoms with van der Waals surface area (Å²) in [6.45, 7) is 1.97. The van der Waals surface area contributed by atoms with Crippen molar-refractivity contribution in [2.45, 2.75) is 29.1 Å². The smallest absolute Gasteiger partial charge is 0.243 e. The predicted octanol–water partition coefficient (Wildman–Crippen LogP) is 0.781. The molecule has 0 unspecified atom stereocenters. The van der Waals surface area contributed by atoms with E-state index in [-0.39, 0.29) is 22.2 Å². The number of sulfonamides is 2. The van der Waals surface area contributed by atoms with Crippen molar-refractivity contribution in [1.82, 2.24) is 14.3 Å². The van der Waals surface area contributed by atoms with Crippen LogP contribution in [-0.2, 0) is 20.0 Å². The summed E-state index contributed by atoms with van der Waals surface area (Å²) in [6, 6.07) is 5.54. The van der Waals surface area contributed by atoms with E-state index in [1.54, 1.807) is 7.05 Å². The van der Waals surface area contributed by atoms with Crippen LogP contribution in [0.25, 0.3) is 0 Å². The zero-order chi connectivity index (χ0) is 16.9. The highest BCUT2D eigenvalue weighted by molar-refractivity contribution is 7.90. The van der Waals surface area contributed by atoms with Crippen LogP contribution in [0, 0.1) is 0 Å². The highest BCUT2D eigenvalue weighted by Crippen LogP contribution is 2.22. The number of nitrogens with one attached hydrogen (secondary N) is 2. The maximum absolute atomic E-state index is 12.5. The average Bonchev–Trinajstić information content (AvgIpc) is 3.07. The lowest BCUT2D eigenvalue weighted by molar-refractivity contribution is 0.477. The molecule has 10 heteroatoms. The van der Waals surface area contributed by atoms with Crippen molar-refractivity contribution >= 4 is 32.5 Å². The molecule has 0 aromatic heterocycles. The van der Waals surface area contributed by atoms with Crippen molar-refractivity contribution in [3.05, 3.63) is 24.3 Å². The molecule has 0 radical (unpaired) electrons. The fourth-order valence-corrected chi connectivity index (χ4v) is 5.19. The summed E-state index contributed by atoms with van der Waals surface area (Å²) < 4.78 is 53.4. The molecule has 0 saturated carbocycles. The lowest BCUT2D eigenvalue weighted by atomic mass is 10.4. The van der Waals surface area contributed by atoms with Gasteiger partial charge in [0, 0.05) is 19.6 Å². The van der Waals surface area contributed by atoms with E-state index in [4.69, 9.17) is 0 Å². The van der Waals surface area contributed by atoms with E-state index in [1.165, 1.54) is 28.6 Å². The summed E-state index contributed by atoms with van der Waals surface area (Å²) in [5.41, 5.74) is 0. The maximum Gasteiger partial charge on any atom is 0.243 e. The monoisotopic (exact) mass is 397 g/mol. The SMILES string of the molecule is CNCCCNS(=O)(=O)c1cccc(S(=O)(=O)N2CCCC2)c1.Cl. The van der Waals surface area contributed by atoms with Crippen LogP contribution < -0.4 is 10.0 Å². The van der Waals surface area contributed by atoms with Gasteiger partial charge in [-0.3, -0.25) is 0 Å². The largest absolute Gasteiger partial charge is 0.320 e. The quantitative estimate of drug-likeness (QED) is 0.632. The Kier molecular flexibility index (Phi) is 8.10. The van der Waals surface area contributed by atoms with Crippen molar-refractivity contribution in [3.63, 3.8) is 0 Å². The Hall–Kier alpha value is -0.710. The van der Waals surface area contributed by atoms with Gasteiger partial charge in [0.1, 0.15) is 0 Å². The van der Waals surface area contributed by atoms with Crippen LogP contribution in [0.5, 0.6) is 0 Å². The van der Waals surface area contributed by atoms with Crippen molar-refractivity contribution in [2.75, 3.05) is 33.2 Å². The fourth-order valence-electron chi connectivity index (χ4n) is 2.43. The van der Waals surface area contributed by atoms with Crippen LogP contribution in [0.3, 0.4) is 0 Å². The van der Waals surface area contributed by atoms with Gasteiger partial charge in [0.15, 0.2) is 0 Å². The standard InChI is InChI=1S/C14H23N3O4S2.ClH/c1-15-8-5-9-16-22(18,19)13-6-4-7-14(12-13)23(20,21)17-10-2-3-11-17;/h4,6-7,12,15-16H,2-3,5,8-11H2,1H3;1H. The number of rotatable bonds is 8. The third kappa shape index (κ3) is 5.14. The highest BCUT2D eigenvalue weighted by atomic mass is 35.5. The molecular formula is C14H24ClN3O4S2. The van der Waals surface area contributed by atoms with Gasteiger partial charge >= 0.3 is 0 Å². The molecule has 1 aromatic rings. The maximum atomic E-state index is 12.5. The van der Waals surface area contributed by atoms with E-state index in [1.807, 2.05) is 0 Å². The summed E-state index contributed by atoms with van der Waals surface area (Å²) in [6.07, 6.45) is 2.33. The van der Waals surface area contributed by atoms with E-state index in [0.717, 1.165) is 12.8 Å². The van der Waals surface area contributed by atoms with Crippen molar-refractivity contribution < 1.29 is 16.8 Å². The van der Waals surface area contributed by atoms with E-state index >= 15 is 0 Å². The molecule has 7 nitrogen and oxygen atoms in total. The Morgan fingerprint density at radius 3 is 2.29 bits per heavy atom. The summed E-state index contributed by atoms with van der Waals surface area (Å²) in [5.74, 6) is 0. The molecule has 1 aliphatic rings. The lowest BCUT2D eigenvalue weighted by Gasteiger charge is -2.16. The first kappa shape index (κ1) is 21.3.